The molecule has 4 aromatic rings. The number of β-amino-alcohol motifs (C(OH)–C–C–N with tert-alkyl or cyclic N) is 2. The van der Waals surface area contributed by atoms with Crippen LogP contribution in [0.15, 0.2) is 42.9 Å². The molecular formula is C23H25N7O3. The Morgan fingerprint density at radius 3 is 2.79 bits per heavy atom. The number of hydrogen-bond acceptors (Lipinski definition) is 8. The van der Waals surface area contributed by atoms with Crippen LogP contribution in [0.5, 0.6) is 0 Å². The first-order chi connectivity index (χ1) is 15.9. The molecule has 0 saturated carbocycles. The van der Waals surface area contributed by atoms with Crippen LogP contribution in [-0.2, 0) is 6.54 Å². The maximum absolute atomic E-state index is 11.9. The molecule has 1 aliphatic heterocycles. The zero-order chi connectivity index (χ0) is 23.1. The number of H-pyrrole nitrogens is 1. The molecule has 2 atom stereocenters. The van der Waals surface area contributed by atoms with Crippen molar-refractivity contribution in [1.29, 1.82) is 0 Å². The smallest absolute Gasteiger partial charge is 0.229 e. The molecule has 4 N–H and O–H groups in total. The van der Waals surface area contributed by atoms with Gasteiger partial charge < -0.3 is 20.5 Å². The van der Waals surface area contributed by atoms with Crippen LogP contribution in [0.2, 0.25) is 0 Å². The number of aromatic amines is 1. The highest BCUT2D eigenvalue weighted by Gasteiger charge is 2.29. The molecule has 1 fully saturated rings. The number of Topliss-reactive ketones (excluding diaryl/α,β-unsaturated/α-hetero) is 1. The van der Waals surface area contributed by atoms with Gasteiger partial charge in [-0.2, -0.15) is 10.1 Å². The molecule has 0 radical (unpaired) electrons. The number of aliphatic hydroxyl groups is 2. The molecule has 4 heterocycles. The summed E-state index contributed by atoms with van der Waals surface area (Å²) >= 11 is 0. The summed E-state index contributed by atoms with van der Waals surface area (Å²) in [5.74, 6) is 1.02. The van der Waals surface area contributed by atoms with Crippen LogP contribution in [-0.4, -0.2) is 70.9 Å². The Morgan fingerprint density at radius 2 is 2.03 bits per heavy atom. The number of carbonyl (C=O) groups excluding carboxylic acids is 1. The van der Waals surface area contributed by atoms with Crippen LogP contribution in [0, 0.1) is 6.92 Å². The fourth-order valence-electron chi connectivity index (χ4n) is 4.14. The Bertz CT molecular complexity index is 1320. The molecular weight excluding hydrogens is 422 g/mol. The Kier molecular flexibility index (Phi) is 5.41. The summed E-state index contributed by atoms with van der Waals surface area (Å²) < 4.78 is 1.70. The molecule has 0 bridgehead atoms. The molecule has 10 nitrogen and oxygen atoms in total. The van der Waals surface area contributed by atoms with Crippen LogP contribution in [0.25, 0.3) is 16.7 Å². The molecule has 10 heteroatoms. The quantitative estimate of drug-likeness (QED) is 0.330. The molecule has 0 aliphatic carbocycles. The van der Waals surface area contributed by atoms with Gasteiger partial charge in [-0.25, -0.2) is 9.67 Å². The SMILES string of the molecule is CC(=O)c1c[nH]c2ccc(Nc3nccc(-n4cc(CN5CC(O)C(O)C5)c(C)n4)n3)cc12. The van der Waals surface area contributed by atoms with E-state index in [1.54, 1.807) is 30.1 Å². The van der Waals surface area contributed by atoms with E-state index >= 15 is 0 Å². The second kappa shape index (κ2) is 8.39. The van der Waals surface area contributed by atoms with Gasteiger partial charge >= 0.3 is 0 Å². The number of aromatic nitrogens is 5. The summed E-state index contributed by atoms with van der Waals surface area (Å²) in [6.45, 7) is 4.93. The lowest BCUT2D eigenvalue weighted by Gasteiger charge is -2.13. The van der Waals surface area contributed by atoms with Crippen LogP contribution in [0.3, 0.4) is 0 Å². The summed E-state index contributed by atoms with van der Waals surface area (Å²) in [5.41, 5.74) is 4.15. The van der Waals surface area contributed by atoms with E-state index in [2.05, 4.69) is 25.4 Å². The molecule has 5 rings (SSSR count). The predicted octanol–water partition coefficient (Wildman–Crippen LogP) is 1.94. The Balaban J connectivity index is 1.36. The Labute approximate surface area is 189 Å². The van der Waals surface area contributed by atoms with Gasteiger partial charge in [0.05, 0.1) is 17.9 Å². The molecule has 1 saturated heterocycles. The Morgan fingerprint density at radius 1 is 1.24 bits per heavy atom. The van der Waals surface area contributed by atoms with Crippen molar-refractivity contribution in [3.63, 3.8) is 0 Å². The van der Waals surface area contributed by atoms with Crippen molar-refractivity contribution in [1.82, 2.24) is 29.6 Å². The number of fused-ring (bicyclic) bond motifs is 1. The summed E-state index contributed by atoms with van der Waals surface area (Å²) in [6.07, 6.45) is 3.85. The molecule has 0 spiro atoms. The van der Waals surface area contributed by atoms with Gasteiger partial charge in [0.2, 0.25) is 5.95 Å². The number of aliphatic hydroxyl groups excluding tert-OH is 2. The Hall–Kier alpha value is -3.60. The average Bonchev–Trinajstić information content (AvgIpc) is 3.46. The lowest BCUT2D eigenvalue weighted by Crippen LogP contribution is -2.22. The zero-order valence-electron chi connectivity index (χ0n) is 18.4. The van der Waals surface area contributed by atoms with Gasteiger partial charge in [-0.1, -0.05) is 0 Å². The number of likely N-dealkylation sites (tertiary alicyclic amines) is 1. The lowest BCUT2D eigenvalue weighted by atomic mass is 10.1. The average molecular weight is 447 g/mol. The standard InChI is InChI=1S/C23H25N7O3/c1-13-15(9-29-11-20(32)21(33)12-29)10-30(28-13)22-5-6-24-23(27-22)26-16-3-4-19-17(7-16)18(8-25-19)14(2)31/h3-8,10,20-21,25,32-33H,9,11-12H2,1-2H3,(H,24,26,27). The monoisotopic (exact) mass is 447 g/mol. The van der Waals surface area contributed by atoms with E-state index < -0.39 is 12.2 Å². The number of nitrogens with one attached hydrogen (secondary N) is 2. The number of nitrogens with zero attached hydrogens (tertiary/aromatic N) is 5. The predicted molar refractivity (Wildman–Crippen MR) is 123 cm³/mol. The summed E-state index contributed by atoms with van der Waals surface area (Å²) in [6, 6.07) is 7.47. The maximum Gasteiger partial charge on any atom is 0.229 e. The van der Waals surface area contributed by atoms with Gasteiger partial charge in [-0.3, -0.25) is 9.69 Å². The molecule has 33 heavy (non-hydrogen) atoms. The van der Waals surface area contributed by atoms with Gasteiger partial charge in [-0.15, -0.1) is 0 Å². The third-order valence-electron chi connectivity index (χ3n) is 5.92. The molecule has 1 aliphatic rings. The van der Waals surface area contributed by atoms with Crippen LogP contribution in [0.4, 0.5) is 11.6 Å². The minimum atomic E-state index is -0.715. The van der Waals surface area contributed by atoms with E-state index in [9.17, 15) is 15.0 Å². The summed E-state index contributed by atoms with van der Waals surface area (Å²) in [4.78, 5) is 25.9. The third kappa shape index (κ3) is 4.23. The van der Waals surface area contributed by atoms with E-state index in [-0.39, 0.29) is 5.78 Å². The van der Waals surface area contributed by atoms with Gasteiger partial charge in [0.15, 0.2) is 11.6 Å². The number of ketones is 1. The van der Waals surface area contributed by atoms with Crippen molar-refractivity contribution in [2.45, 2.75) is 32.6 Å². The van der Waals surface area contributed by atoms with E-state index in [0.717, 1.165) is 27.8 Å². The van der Waals surface area contributed by atoms with E-state index in [4.69, 9.17) is 0 Å². The number of carbonyl (C=O) groups is 1. The van der Waals surface area contributed by atoms with Crippen LogP contribution < -0.4 is 5.32 Å². The summed E-state index contributed by atoms with van der Waals surface area (Å²) in [7, 11) is 0. The van der Waals surface area contributed by atoms with Crippen molar-refractivity contribution in [3.8, 4) is 5.82 Å². The van der Waals surface area contributed by atoms with Crippen molar-refractivity contribution >= 4 is 28.3 Å². The molecule has 1 aromatic carbocycles. The molecule has 2 unspecified atom stereocenters. The normalized spacial score (nSPS) is 18.8. The second-order valence-corrected chi connectivity index (χ2v) is 8.40. The fourth-order valence-corrected chi connectivity index (χ4v) is 4.14. The highest BCUT2D eigenvalue weighted by atomic mass is 16.3. The third-order valence-corrected chi connectivity index (χ3v) is 5.92. The van der Waals surface area contributed by atoms with Gasteiger partial charge in [0.25, 0.3) is 0 Å². The van der Waals surface area contributed by atoms with Gasteiger partial charge in [0.1, 0.15) is 0 Å². The largest absolute Gasteiger partial charge is 0.389 e. The number of benzene rings is 1. The highest BCUT2D eigenvalue weighted by molar-refractivity contribution is 6.07. The van der Waals surface area contributed by atoms with Crippen molar-refractivity contribution in [3.05, 3.63) is 59.7 Å². The topological polar surface area (TPSA) is 132 Å². The lowest BCUT2D eigenvalue weighted by molar-refractivity contribution is 0.0572. The number of hydrogen-bond donors (Lipinski definition) is 4. The summed E-state index contributed by atoms with van der Waals surface area (Å²) in [5, 5.41) is 28.2. The first-order valence-electron chi connectivity index (χ1n) is 10.7. The van der Waals surface area contributed by atoms with E-state index in [1.165, 1.54) is 0 Å². The first-order valence-corrected chi connectivity index (χ1v) is 10.7. The van der Waals surface area contributed by atoms with Gasteiger partial charge in [-0.05, 0) is 32.0 Å². The van der Waals surface area contributed by atoms with E-state index in [1.807, 2.05) is 36.2 Å². The first kappa shape index (κ1) is 21.3. The molecule has 3 aromatic heterocycles. The minimum Gasteiger partial charge on any atom is -0.389 e. The van der Waals surface area contributed by atoms with Crippen molar-refractivity contribution < 1.29 is 15.0 Å². The van der Waals surface area contributed by atoms with Crippen molar-refractivity contribution in [2.24, 2.45) is 0 Å². The maximum atomic E-state index is 11.9. The minimum absolute atomic E-state index is 0.000507. The number of aryl methyl sites for hydroxylation is 1. The van der Waals surface area contributed by atoms with Crippen molar-refractivity contribution in [2.75, 3.05) is 18.4 Å². The van der Waals surface area contributed by atoms with Crippen LogP contribution >= 0.6 is 0 Å². The number of anilines is 2. The molecule has 170 valence electrons. The van der Waals surface area contributed by atoms with Gasteiger partial charge in [0, 0.05) is 72.0 Å². The van der Waals surface area contributed by atoms with E-state index in [0.29, 0.717) is 37.0 Å². The fraction of sp³-hybridized carbons (Fsp3) is 0.304. The molecule has 0 amide bonds. The zero-order valence-corrected chi connectivity index (χ0v) is 18.4. The second-order valence-electron chi connectivity index (χ2n) is 8.40. The van der Waals surface area contributed by atoms with Crippen LogP contribution in [0.1, 0.15) is 28.5 Å². The number of rotatable bonds is 6. The highest BCUT2D eigenvalue weighted by Crippen LogP contribution is 2.24.